The number of hydrogen-bond donors (Lipinski definition) is 2. The van der Waals surface area contributed by atoms with E-state index < -0.39 is 0 Å². The Morgan fingerprint density at radius 1 is 1.62 bits per heavy atom. The third kappa shape index (κ3) is 3.77. The molecule has 90 valence electrons. The summed E-state index contributed by atoms with van der Waals surface area (Å²) in [7, 11) is 0. The third-order valence-electron chi connectivity index (χ3n) is 2.13. The van der Waals surface area contributed by atoms with Crippen LogP contribution in [0.15, 0.2) is 11.4 Å². The highest BCUT2D eigenvalue weighted by Gasteiger charge is 2.17. The number of amides is 1. The third-order valence-corrected chi connectivity index (χ3v) is 3.48. The quantitative estimate of drug-likeness (QED) is 0.856. The molecule has 0 saturated carbocycles. The van der Waals surface area contributed by atoms with E-state index in [0.29, 0.717) is 15.8 Å². The molecular weight excluding hydrogens is 246 g/mol. The van der Waals surface area contributed by atoms with Crippen LogP contribution < -0.4 is 5.32 Å². The second-order valence-corrected chi connectivity index (χ2v) is 5.40. The van der Waals surface area contributed by atoms with Gasteiger partial charge in [0.15, 0.2) is 0 Å². The molecule has 5 heteroatoms. The Labute approximate surface area is 104 Å². The molecule has 1 unspecified atom stereocenters. The van der Waals surface area contributed by atoms with Crippen molar-refractivity contribution in [2.24, 2.45) is 5.92 Å². The number of rotatable bonds is 5. The van der Waals surface area contributed by atoms with E-state index in [4.69, 9.17) is 16.7 Å². The van der Waals surface area contributed by atoms with Gasteiger partial charge in [-0.05, 0) is 23.8 Å². The van der Waals surface area contributed by atoms with Crippen molar-refractivity contribution in [3.63, 3.8) is 0 Å². The molecule has 3 nitrogen and oxygen atoms in total. The van der Waals surface area contributed by atoms with Crippen LogP contribution >= 0.6 is 22.9 Å². The van der Waals surface area contributed by atoms with Gasteiger partial charge in [-0.1, -0.05) is 25.4 Å². The first kappa shape index (κ1) is 13.5. The molecule has 0 saturated heterocycles. The Hall–Kier alpha value is -0.580. The van der Waals surface area contributed by atoms with Crippen molar-refractivity contribution >= 4 is 28.8 Å². The molecule has 16 heavy (non-hydrogen) atoms. The van der Waals surface area contributed by atoms with Gasteiger partial charge in [-0.25, -0.2) is 0 Å². The normalized spacial score (nSPS) is 12.8. The highest BCUT2D eigenvalue weighted by atomic mass is 35.5. The Morgan fingerprint density at radius 3 is 2.75 bits per heavy atom. The summed E-state index contributed by atoms with van der Waals surface area (Å²) in [4.78, 5) is 12.3. The molecule has 0 bridgehead atoms. The van der Waals surface area contributed by atoms with Crippen molar-refractivity contribution in [1.82, 2.24) is 5.32 Å². The predicted molar refractivity (Wildman–Crippen MR) is 67.1 cm³/mol. The first-order valence-corrected chi connectivity index (χ1v) is 6.45. The zero-order valence-corrected chi connectivity index (χ0v) is 10.9. The van der Waals surface area contributed by atoms with E-state index in [1.54, 1.807) is 11.4 Å². The fourth-order valence-corrected chi connectivity index (χ4v) is 2.50. The molecule has 0 spiro atoms. The second-order valence-electron chi connectivity index (χ2n) is 4.08. The van der Waals surface area contributed by atoms with E-state index in [1.807, 2.05) is 13.8 Å². The molecule has 0 aliphatic rings. The monoisotopic (exact) mass is 261 g/mol. The Bertz CT molecular complexity index is 352. The van der Waals surface area contributed by atoms with Gasteiger partial charge in [-0.2, -0.15) is 0 Å². The minimum absolute atomic E-state index is 0.0487. The van der Waals surface area contributed by atoms with Crippen molar-refractivity contribution in [1.29, 1.82) is 0 Å². The van der Waals surface area contributed by atoms with Crippen LogP contribution in [0.2, 0.25) is 5.02 Å². The summed E-state index contributed by atoms with van der Waals surface area (Å²) in [5, 5.41) is 14.2. The molecule has 0 fully saturated rings. The average Bonchev–Trinajstić information content (AvgIpc) is 2.62. The topological polar surface area (TPSA) is 49.3 Å². The van der Waals surface area contributed by atoms with Crippen LogP contribution in [0, 0.1) is 5.92 Å². The zero-order chi connectivity index (χ0) is 12.1. The Morgan fingerprint density at radius 2 is 2.31 bits per heavy atom. The molecule has 1 atom stereocenters. The van der Waals surface area contributed by atoms with Gasteiger partial charge < -0.3 is 10.4 Å². The fraction of sp³-hybridized carbons (Fsp3) is 0.545. The summed E-state index contributed by atoms with van der Waals surface area (Å²) in [6, 6.07) is 1.49. The van der Waals surface area contributed by atoms with E-state index in [2.05, 4.69) is 5.32 Å². The van der Waals surface area contributed by atoms with Crippen LogP contribution in [0.25, 0.3) is 0 Å². The summed E-state index contributed by atoms with van der Waals surface area (Å²) in [5.74, 6) is 0.218. The molecule has 0 aliphatic heterocycles. The maximum atomic E-state index is 11.8. The standard InChI is InChI=1S/C11H16ClNO2S/c1-7(2)5-8(6-14)13-11(15)10-9(12)3-4-16-10/h3-4,7-8,14H,5-6H2,1-2H3,(H,13,15). The van der Waals surface area contributed by atoms with Crippen LogP contribution in [0.5, 0.6) is 0 Å². The van der Waals surface area contributed by atoms with Gasteiger partial charge in [0.25, 0.3) is 5.91 Å². The van der Waals surface area contributed by atoms with Crippen molar-refractivity contribution in [3.8, 4) is 0 Å². The lowest BCUT2D eigenvalue weighted by Gasteiger charge is -2.17. The van der Waals surface area contributed by atoms with Crippen molar-refractivity contribution in [2.45, 2.75) is 26.3 Å². The van der Waals surface area contributed by atoms with Crippen molar-refractivity contribution in [2.75, 3.05) is 6.61 Å². The number of carbonyl (C=O) groups is 1. The lowest BCUT2D eigenvalue weighted by atomic mass is 10.0. The molecule has 1 aromatic heterocycles. The minimum atomic E-state index is -0.209. The smallest absolute Gasteiger partial charge is 0.263 e. The van der Waals surface area contributed by atoms with Crippen LogP contribution in [0.4, 0.5) is 0 Å². The number of aliphatic hydroxyl groups excluding tert-OH is 1. The summed E-state index contributed by atoms with van der Waals surface area (Å²) >= 11 is 7.16. The van der Waals surface area contributed by atoms with Gasteiger partial charge in [0, 0.05) is 0 Å². The molecule has 1 amide bonds. The summed E-state index contributed by atoms with van der Waals surface area (Å²) in [6.07, 6.45) is 0.755. The van der Waals surface area contributed by atoms with Crippen molar-refractivity contribution in [3.05, 3.63) is 21.3 Å². The maximum absolute atomic E-state index is 11.8. The number of nitrogens with one attached hydrogen (secondary N) is 1. The van der Waals surface area contributed by atoms with E-state index >= 15 is 0 Å². The van der Waals surface area contributed by atoms with Crippen LogP contribution in [-0.2, 0) is 0 Å². The van der Waals surface area contributed by atoms with Crippen molar-refractivity contribution < 1.29 is 9.90 Å². The van der Waals surface area contributed by atoms with Gasteiger partial charge in [0.05, 0.1) is 17.7 Å². The first-order valence-electron chi connectivity index (χ1n) is 5.19. The van der Waals surface area contributed by atoms with Gasteiger partial charge in [0.2, 0.25) is 0 Å². The van der Waals surface area contributed by atoms with E-state index in [-0.39, 0.29) is 18.6 Å². The molecule has 1 heterocycles. The molecule has 0 radical (unpaired) electrons. The van der Waals surface area contributed by atoms with Gasteiger partial charge in [0.1, 0.15) is 4.88 Å². The van der Waals surface area contributed by atoms with E-state index in [0.717, 1.165) is 6.42 Å². The fourth-order valence-electron chi connectivity index (χ4n) is 1.45. The summed E-state index contributed by atoms with van der Waals surface area (Å²) in [6.45, 7) is 4.05. The molecular formula is C11H16ClNO2S. The molecule has 2 N–H and O–H groups in total. The van der Waals surface area contributed by atoms with Crippen LogP contribution in [0.3, 0.4) is 0 Å². The zero-order valence-electron chi connectivity index (χ0n) is 9.37. The van der Waals surface area contributed by atoms with Gasteiger partial charge in [-0.3, -0.25) is 4.79 Å². The lowest BCUT2D eigenvalue weighted by molar-refractivity contribution is 0.0912. The van der Waals surface area contributed by atoms with Crippen LogP contribution in [0.1, 0.15) is 29.9 Å². The number of carbonyl (C=O) groups excluding carboxylic acids is 1. The number of aliphatic hydroxyl groups is 1. The SMILES string of the molecule is CC(C)CC(CO)NC(=O)c1sccc1Cl. The molecule has 0 aliphatic carbocycles. The first-order chi connectivity index (χ1) is 7.54. The number of hydrogen-bond acceptors (Lipinski definition) is 3. The van der Waals surface area contributed by atoms with Gasteiger partial charge >= 0.3 is 0 Å². The average molecular weight is 262 g/mol. The summed E-state index contributed by atoms with van der Waals surface area (Å²) < 4.78 is 0. The molecule has 1 rings (SSSR count). The molecule has 1 aromatic rings. The molecule has 0 aromatic carbocycles. The number of halogens is 1. The second kappa shape index (κ2) is 6.23. The lowest BCUT2D eigenvalue weighted by Crippen LogP contribution is -2.38. The maximum Gasteiger partial charge on any atom is 0.263 e. The van der Waals surface area contributed by atoms with E-state index in [9.17, 15) is 4.79 Å². The highest BCUT2D eigenvalue weighted by molar-refractivity contribution is 7.12. The Balaban J connectivity index is 2.59. The summed E-state index contributed by atoms with van der Waals surface area (Å²) in [5.41, 5.74) is 0. The largest absolute Gasteiger partial charge is 0.394 e. The van der Waals surface area contributed by atoms with E-state index in [1.165, 1.54) is 11.3 Å². The minimum Gasteiger partial charge on any atom is -0.394 e. The number of thiophene rings is 1. The van der Waals surface area contributed by atoms with Gasteiger partial charge in [-0.15, -0.1) is 11.3 Å². The van der Waals surface area contributed by atoms with Crippen LogP contribution in [-0.4, -0.2) is 23.7 Å². The Kier molecular flexibility index (Phi) is 5.25. The predicted octanol–water partition coefficient (Wildman–Crippen LogP) is 2.54. The highest BCUT2D eigenvalue weighted by Crippen LogP contribution is 2.22.